The van der Waals surface area contributed by atoms with Gasteiger partial charge in [0, 0.05) is 6.54 Å². The maximum Gasteiger partial charge on any atom is 0.414 e. The zero-order chi connectivity index (χ0) is 21.6. The summed E-state index contributed by atoms with van der Waals surface area (Å²) >= 11 is 0. The van der Waals surface area contributed by atoms with Crippen molar-refractivity contribution >= 4 is 18.1 Å². The number of nitrogens with two attached hydrogens (primary N) is 1. The van der Waals surface area contributed by atoms with E-state index in [1.807, 2.05) is 0 Å². The molecule has 0 saturated carbocycles. The first-order chi connectivity index (χ1) is 12.9. The van der Waals surface area contributed by atoms with Gasteiger partial charge in [0.15, 0.2) is 0 Å². The van der Waals surface area contributed by atoms with Crippen molar-refractivity contribution in [3.63, 3.8) is 0 Å². The normalized spacial score (nSPS) is 11.5. The fourth-order valence-corrected chi connectivity index (χ4v) is 2.24. The Morgan fingerprint density at radius 3 is 1.54 bits per heavy atom. The van der Waals surface area contributed by atoms with Crippen LogP contribution in [0, 0.1) is 0 Å². The summed E-state index contributed by atoms with van der Waals surface area (Å²) in [5.74, 6) is 0.0337. The lowest BCUT2D eigenvalue weighted by Gasteiger charge is -2.22. The number of nitrogens with zero attached hydrogens (tertiary/aromatic N) is 1. The Balaban J connectivity index is 4.51. The zero-order valence-electron chi connectivity index (χ0n) is 18.5. The lowest BCUT2D eigenvalue weighted by molar-refractivity contribution is 0.0545. The first-order valence-electron chi connectivity index (χ1n) is 10.2. The van der Waals surface area contributed by atoms with Crippen LogP contribution in [0.2, 0.25) is 0 Å². The van der Waals surface area contributed by atoms with Crippen LogP contribution in [0.1, 0.15) is 86.5 Å². The van der Waals surface area contributed by atoms with Gasteiger partial charge >= 0.3 is 12.2 Å². The lowest BCUT2D eigenvalue weighted by atomic mass is 10.1. The van der Waals surface area contributed by atoms with Gasteiger partial charge in [-0.3, -0.25) is 15.6 Å². The van der Waals surface area contributed by atoms with E-state index in [0.717, 1.165) is 32.2 Å². The van der Waals surface area contributed by atoms with Gasteiger partial charge in [-0.15, -0.1) is 0 Å². The van der Waals surface area contributed by atoms with Crippen molar-refractivity contribution in [1.82, 2.24) is 10.6 Å². The second kappa shape index (κ2) is 13.4. The molecule has 0 heterocycles. The minimum Gasteiger partial charge on any atom is -0.444 e. The van der Waals surface area contributed by atoms with E-state index in [9.17, 15) is 9.59 Å². The van der Waals surface area contributed by atoms with E-state index in [-0.39, 0.29) is 5.96 Å². The Labute approximate surface area is 170 Å². The third kappa shape index (κ3) is 17.6. The number of guanidine groups is 1. The zero-order valence-corrected chi connectivity index (χ0v) is 18.5. The van der Waals surface area contributed by atoms with Gasteiger partial charge in [-0.25, -0.2) is 9.59 Å². The number of hydrogen-bond acceptors (Lipinski definition) is 6. The fourth-order valence-electron chi connectivity index (χ4n) is 2.24. The van der Waals surface area contributed by atoms with Gasteiger partial charge in [0.1, 0.15) is 11.2 Å². The molecule has 0 aromatic rings. The molecule has 0 unspecified atom stereocenters. The van der Waals surface area contributed by atoms with Crippen molar-refractivity contribution in [2.24, 2.45) is 10.7 Å². The second-order valence-corrected chi connectivity index (χ2v) is 8.75. The first kappa shape index (κ1) is 26.2. The average molecular weight is 401 g/mol. The van der Waals surface area contributed by atoms with E-state index in [1.54, 1.807) is 41.5 Å². The summed E-state index contributed by atoms with van der Waals surface area (Å²) in [5.41, 5.74) is 4.19. The molecule has 8 nitrogen and oxygen atoms in total. The van der Waals surface area contributed by atoms with Crippen LogP contribution in [-0.2, 0) is 9.47 Å². The first-order valence-corrected chi connectivity index (χ1v) is 10.2. The molecular weight excluding hydrogens is 360 g/mol. The van der Waals surface area contributed by atoms with E-state index in [4.69, 9.17) is 15.2 Å². The molecule has 0 aromatic carbocycles. The van der Waals surface area contributed by atoms with Crippen LogP contribution in [0.5, 0.6) is 0 Å². The van der Waals surface area contributed by atoms with E-state index in [1.165, 1.54) is 19.3 Å². The predicted molar refractivity (Wildman–Crippen MR) is 112 cm³/mol. The fraction of sp³-hybridized carbons (Fsp3) is 0.850. The highest BCUT2D eigenvalue weighted by molar-refractivity contribution is 6.01. The summed E-state index contributed by atoms with van der Waals surface area (Å²) in [7, 11) is 0. The van der Waals surface area contributed by atoms with Gasteiger partial charge in [0.05, 0.1) is 0 Å². The highest BCUT2D eigenvalue weighted by Crippen LogP contribution is 2.08. The largest absolute Gasteiger partial charge is 0.444 e. The monoisotopic (exact) mass is 400 g/mol. The Hall–Kier alpha value is -1.83. The van der Waals surface area contributed by atoms with Crippen LogP contribution in [-0.4, -0.2) is 42.4 Å². The molecule has 0 radical (unpaired) electrons. The standard InChI is InChI=1S/C20H40N4O4/c1-19(2,3)27-17(25)23-16(24-18(26)28-20(4,5)6)22-15-13-11-9-7-8-10-12-14-21/h7-15,21H2,1-6H3,(H2,22,23,24,25,26). The molecule has 0 aliphatic rings. The number of unbranched alkanes of at least 4 members (excludes halogenated alkanes) is 6. The van der Waals surface area contributed by atoms with Gasteiger partial charge < -0.3 is 15.2 Å². The smallest absolute Gasteiger partial charge is 0.414 e. The van der Waals surface area contributed by atoms with Gasteiger partial charge in [-0.1, -0.05) is 32.1 Å². The van der Waals surface area contributed by atoms with Crippen molar-refractivity contribution < 1.29 is 19.1 Å². The van der Waals surface area contributed by atoms with Gasteiger partial charge in [-0.2, -0.15) is 0 Å². The number of ether oxygens (including phenoxy) is 2. The minimum atomic E-state index is -0.679. The highest BCUT2D eigenvalue weighted by atomic mass is 16.6. The predicted octanol–water partition coefficient (Wildman–Crippen LogP) is 4.08. The van der Waals surface area contributed by atoms with Crippen molar-refractivity contribution in [3.8, 4) is 0 Å². The number of carbonyl (C=O) groups excluding carboxylic acids is 2. The Bertz CT molecular complexity index is 461. The molecule has 0 aliphatic carbocycles. The van der Waals surface area contributed by atoms with E-state index in [0.29, 0.717) is 6.54 Å². The van der Waals surface area contributed by atoms with Crippen LogP contribution < -0.4 is 16.4 Å². The van der Waals surface area contributed by atoms with Crippen LogP contribution in [0.25, 0.3) is 0 Å². The minimum absolute atomic E-state index is 0.0337. The summed E-state index contributed by atoms with van der Waals surface area (Å²) < 4.78 is 10.4. The van der Waals surface area contributed by atoms with Crippen molar-refractivity contribution in [1.29, 1.82) is 0 Å². The van der Waals surface area contributed by atoms with E-state index in [2.05, 4.69) is 15.6 Å². The summed E-state index contributed by atoms with van der Waals surface area (Å²) in [4.78, 5) is 28.2. The molecule has 4 N–H and O–H groups in total. The summed E-state index contributed by atoms with van der Waals surface area (Å²) in [6, 6.07) is 0. The molecule has 0 rings (SSSR count). The molecule has 0 bridgehead atoms. The molecule has 2 amide bonds. The summed E-state index contributed by atoms with van der Waals surface area (Å²) in [6.45, 7) is 11.8. The molecule has 0 spiro atoms. The molecular formula is C20H40N4O4. The van der Waals surface area contributed by atoms with Crippen LogP contribution in [0.15, 0.2) is 4.99 Å². The molecule has 0 saturated heterocycles. The molecule has 0 aliphatic heterocycles. The number of alkyl carbamates (subject to hydrolysis) is 2. The number of hydrogen-bond donors (Lipinski definition) is 3. The third-order valence-electron chi connectivity index (χ3n) is 3.37. The number of rotatable bonds is 9. The molecule has 0 aromatic heterocycles. The van der Waals surface area contributed by atoms with Crippen molar-refractivity contribution in [3.05, 3.63) is 0 Å². The van der Waals surface area contributed by atoms with Gasteiger partial charge in [0.25, 0.3) is 0 Å². The Morgan fingerprint density at radius 1 is 0.750 bits per heavy atom. The van der Waals surface area contributed by atoms with E-state index >= 15 is 0 Å². The third-order valence-corrected chi connectivity index (χ3v) is 3.37. The molecule has 28 heavy (non-hydrogen) atoms. The quantitative estimate of drug-likeness (QED) is 0.306. The molecule has 0 fully saturated rings. The average Bonchev–Trinajstić information content (AvgIpc) is 2.49. The number of nitrogens with one attached hydrogen (secondary N) is 2. The van der Waals surface area contributed by atoms with Gasteiger partial charge in [-0.05, 0) is 60.9 Å². The second-order valence-electron chi connectivity index (χ2n) is 8.75. The van der Waals surface area contributed by atoms with Crippen LogP contribution >= 0.6 is 0 Å². The van der Waals surface area contributed by atoms with Crippen LogP contribution in [0.3, 0.4) is 0 Å². The van der Waals surface area contributed by atoms with Crippen molar-refractivity contribution in [2.45, 2.75) is 97.7 Å². The lowest BCUT2D eigenvalue weighted by Crippen LogP contribution is -2.47. The summed E-state index contributed by atoms with van der Waals surface area (Å²) in [5, 5.41) is 4.96. The molecule has 0 atom stereocenters. The SMILES string of the molecule is CC(C)(C)OC(=O)NC(=NCCCCCCCCCN)NC(=O)OC(C)(C)C. The number of aliphatic imine (C=N–C) groups is 1. The molecule has 164 valence electrons. The Kier molecular flexibility index (Phi) is 12.5. The maximum absolute atomic E-state index is 12.0. The highest BCUT2D eigenvalue weighted by Gasteiger charge is 2.21. The van der Waals surface area contributed by atoms with E-state index < -0.39 is 23.4 Å². The molecule has 8 heteroatoms. The topological polar surface area (TPSA) is 115 Å². The van der Waals surface area contributed by atoms with Crippen LogP contribution in [0.4, 0.5) is 9.59 Å². The van der Waals surface area contributed by atoms with Gasteiger partial charge in [0.2, 0.25) is 5.96 Å². The van der Waals surface area contributed by atoms with Crippen molar-refractivity contribution in [2.75, 3.05) is 13.1 Å². The maximum atomic E-state index is 12.0. The summed E-state index contributed by atoms with van der Waals surface area (Å²) in [6.07, 6.45) is 6.33. The number of amides is 2. The number of carbonyl (C=O) groups is 2. The Morgan fingerprint density at radius 2 is 1.14 bits per heavy atom.